The predicted molar refractivity (Wildman–Crippen MR) is 103 cm³/mol. The van der Waals surface area contributed by atoms with Crippen molar-refractivity contribution in [3.8, 4) is 0 Å². The van der Waals surface area contributed by atoms with Gasteiger partial charge < -0.3 is 20.3 Å². The van der Waals surface area contributed by atoms with E-state index in [-0.39, 0.29) is 29.6 Å². The maximum absolute atomic E-state index is 5.38. The molecule has 0 aliphatic rings. The van der Waals surface area contributed by atoms with Crippen molar-refractivity contribution in [2.45, 2.75) is 26.0 Å². The van der Waals surface area contributed by atoms with Crippen LogP contribution in [0.15, 0.2) is 23.3 Å². The van der Waals surface area contributed by atoms with Crippen molar-refractivity contribution in [2.75, 3.05) is 39.7 Å². The quantitative estimate of drug-likeness (QED) is 0.417. The number of nitrogens with one attached hydrogen (secondary N) is 2. The SMILES string of the molecule is CN=C(NCc1ccnc(N(C)C)c1)NCC(C)(C)OC.I. The summed E-state index contributed by atoms with van der Waals surface area (Å²) in [6.07, 6.45) is 1.82. The molecule has 0 atom stereocenters. The Morgan fingerprint density at radius 3 is 2.59 bits per heavy atom. The summed E-state index contributed by atoms with van der Waals surface area (Å²) in [5.74, 6) is 1.70. The molecule has 0 spiro atoms. The van der Waals surface area contributed by atoms with Gasteiger partial charge in [-0.1, -0.05) is 0 Å². The van der Waals surface area contributed by atoms with Gasteiger partial charge in [0.2, 0.25) is 0 Å². The summed E-state index contributed by atoms with van der Waals surface area (Å²) in [5, 5.41) is 6.54. The third kappa shape index (κ3) is 7.26. The van der Waals surface area contributed by atoms with Crippen LogP contribution < -0.4 is 15.5 Å². The van der Waals surface area contributed by atoms with Gasteiger partial charge in [0.15, 0.2) is 5.96 Å². The standard InChI is InChI=1S/C15H27N5O.HI/c1-15(2,21-6)11-19-14(16-3)18-10-12-7-8-17-13(9-12)20(4)5;/h7-9H,10-11H2,1-6H3,(H2,16,18,19);1H. The number of anilines is 1. The van der Waals surface area contributed by atoms with Crippen LogP contribution in [0.2, 0.25) is 0 Å². The average Bonchev–Trinajstić information content (AvgIpc) is 2.47. The van der Waals surface area contributed by atoms with Gasteiger partial charge in [-0.3, -0.25) is 4.99 Å². The molecule has 0 unspecified atom stereocenters. The molecule has 0 saturated heterocycles. The maximum atomic E-state index is 5.38. The third-order valence-corrected chi connectivity index (χ3v) is 3.19. The van der Waals surface area contributed by atoms with E-state index in [0.29, 0.717) is 13.1 Å². The molecule has 1 aromatic rings. The Morgan fingerprint density at radius 2 is 2.05 bits per heavy atom. The first-order valence-electron chi connectivity index (χ1n) is 7.00. The minimum absolute atomic E-state index is 0. The maximum Gasteiger partial charge on any atom is 0.191 e. The lowest BCUT2D eigenvalue weighted by atomic mass is 10.1. The highest BCUT2D eigenvalue weighted by Gasteiger charge is 2.16. The fraction of sp³-hybridized carbons (Fsp3) is 0.600. The van der Waals surface area contributed by atoms with Crippen LogP contribution in [0.3, 0.4) is 0 Å². The van der Waals surface area contributed by atoms with Gasteiger partial charge in [-0.05, 0) is 31.5 Å². The van der Waals surface area contributed by atoms with Gasteiger partial charge in [0.1, 0.15) is 5.82 Å². The van der Waals surface area contributed by atoms with E-state index in [0.717, 1.165) is 17.3 Å². The zero-order valence-corrected chi connectivity index (χ0v) is 16.6. The summed E-state index contributed by atoms with van der Waals surface area (Å²) in [6.45, 7) is 5.43. The lowest BCUT2D eigenvalue weighted by molar-refractivity contribution is 0.0268. The van der Waals surface area contributed by atoms with Crippen molar-refractivity contribution in [3.63, 3.8) is 0 Å². The van der Waals surface area contributed by atoms with Crippen LogP contribution in [-0.4, -0.2) is 51.3 Å². The summed E-state index contributed by atoms with van der Waals surface area (Å²) in [4.78, 5) is 10.5. The Hall–Kier alpha value is -1.09. The van der Waals surface area contributed by atoms with E-state index >= 15 is 0 Å². The van der Waals surface area contributed by atoms with Gasteiger partial charge in [0.05, 0.1) is 5.60 Å². The van der Waals surface area contributed by atoms with Gasteiger partial charge in [0, 0.05) is 47.5 Å². The van der Waals surface area contributed by atoms with Gasteiger partial charge in [0.25, 0.3) is 0 Å². The second-order valence-electron chi connectivity index (χ2n) is 5.66. The van der Waals surface area contributed by atoms with Crippen molar-refractivity contribution in [1.29, 1.82) is 0 Å². The Labute approximate surface area is 150 Å². The summed E-state index contributed by atoms with van der Waals surface area (Å²) < 4.78 is 5.38. The Balaban J connectivity index is 0.00000441. The second-order valence-corrected chi connectivity index (χ2v) is 5.66. The number of hydrogen-bond donors (Lipinski definition) is 2. The number of guanidine groups is 1. The lowest BCUT2D eigenvalue weighted by Crippen LogP contribution is -2.45. The molecular weight excluding hydrogens is 393 g/mol. The molecule has 7 heteroatoms. The van der Waals surface area contributed by atoms with Crippen molar-refractivity contribution < 1.29 is 4.74 Å². The largest absolute Gasteiger partial charge is 0.377 e. The smallest absolute Gasteiger partial charge is 0.191 e. The predicted octanol–water partition coefficient (Wildman–Crippen LogP) is 1.86. The Morgan fingerprint density at radius 1 is 1.36 bits per heavy atom. The molecule has 0 radical (unpaired) electrons. The number of halogens is 1. The highest BCUT2D eigenvalue weighted by molar-refractivity contribution is 14.0. The topological polar surface area (TPSA) is 61.8 Å². The van der Waals surface area contributed by atoms with Gasteiger partial charge in [-0.15, -0.1) is 24.0 Å². The van der Waals surface area contributed by atoms with Crippen LogP contribution in [0.1, 0.15) is 19.4 Å². The van der Waals surface area contributed by atoms with E-state index in [4.69, 9.17) is 4.74 Å². The monoisotopic (exact) mass is 421 g/mol. The van der Waals surface area contributed by atoms with E-state index in [1.54, 1.807) is 14.2 Å². The number of aliphatic imine (C=N–C) groups is 1. The van der Waals surface area contributed by atoms with Crippen molar-refractivity contribution in [3.05, 3.63) is 23.9 Å². The first-order chi connectivity index (χ1) is 9.88. The zero-order valence-electron chi connectivity index (χ0n) is 14.3. The molecule has 0 amide bonds. The second kappa shape index (κ2) is 9.83. The van der Waals surface area contributed by atoms with E-state index < -0.39 is 0 Å². The van der Waals surface area contributed by atoms with E-state index in [1.165, 1.54) is 0 Å². The van der Waals surface area contributed by atoms with Crippen LogP contribution in [0, 0.1) is 0 Å². The van der Waals surface area contributed by atoms with Crippen LogP contribution in [0.25, 0.3) is 0 Å². The van der Waals surface area contributed by atoms with Crippen LogP contribution in [0.4, 0.5) is 5.82 Å². The van der Waals surface area contributed by atoms with Crippen molar-refractivity contribution in [1.82, 2.24) is 15.6 Å². The minimum atomic E-state index is -0.230. The number of nitrogens with zero attached hydrogens (tertiary/aromatic N) is 3. The normalized spacial score (nSPS) is 11.6. The molecule has 0 saturated carbocycles. The first-order valence-corrected chi connectivity index (χ1v) is 7.00. The number of methoxy groups -OCH3 is 1. The lowest BCUT2D eigenvalue weighted by Gasteiger charge is -2.24. The van der Waals surface area contributed by atoms with Crippen LogP contribution >= 0.6 is 24.0 Å². The van der Waals surface area contributed by atoms with E-state index in [9.17, 15) is 0 Å². The summed E-state index contributed by atoms with van der Waals surface area (Å²) in [7, 11) is 7.42. The average molecular weight is 421 g/mol. The van der Waals surface area contributed by atoms with Gasteiger partial charge in [-0.2, -0.15) is 0 Å². The molecule has 0 bridgehead atoms. The summed E-state index contributed by atoms with van der Waals surface area (Å²) in [6, 6.07) is 4.05. The molecule has 1 heterocycles. The Bertz CT molecular complexity index is 477. The molecule has 0 fully saturated rings. The van der Waals surface area contributed by atoms with Crippen molar-refractivity contribution in [2.24, 2.45) is 4.99 Å². The fourth-order valence-corrected chi connectivity index (χ4v) is 1.59. The number of pyridine rings is 1. The highest BCUT2D eigenvalue weighted by atomic mass is 127. The minimum Gasteiger partial charge on any atom is -0.377 e. The van der Waals surface area contributed by atoms with E-state index in [1.807, 2.05) is 45.1 Å². The number of ether oxygens (including phenoxy) is 1. The molecule has 0 aliphatic carbocycles. The van der Waals surface area contributed by atoms with Crippen molar-refractivity contribution >= 4 is 35.8 Å². The number of hydrogen-bond acceptors (Lipinski definition) is 4. The van der Waals surface area contributed by atoms with E-state index in [2.05, 4.69) is 26.7 Å². The third-order valence-electron chi connectivity index (χ3n) is 3.19. The summed E-state index contributed by atoms with van der Waals surface area (Å²) >= 11 is 0. The number of rotatable bonds is 6. The summed E-state index contributed by atoms with van der Waals surface area (Å²) in [5.41, 5.74) is 0.925. The highest BCUT2D eigenvalue weighted by Crippen LogP contribution is 2.09. The van der Waals surface area contributed by atoms with Crippen LogP contribution in [-0.2, 0) is 11.3 Å². The molecule has 22 heavy (non-hydrogen) atoms. The molecule has 1 aromatic heterocycles. The molecule has 6 nitrogen and oxygen atoms in total. The molecule has 1 rings (SSSR count). The first kappa shape index (κ1) is 20.9. The molecule has 0 aromatic carbocycles. The molecule has 126 valence electrons. The molecule has 0 aliphatic heterocycles. The molecule has 2 N–H and O–H groups in total. The van der Waals surface area contributed by atoms with Gasteiger partial charge >= 0.3 is 0 Å². The van der Waals surface area contributed by atoms with Gasteiger partial charge in [-0.25, -0.2) is 4.98 Å². The number of aromatic nitrogens is 1. The van der Waals surface area contributed by atoms with Crippen LogP contribution in [0.5, 0.6) is 0 Å². The zero-order chi connectivity index (χ0) is 15.9. The Kier molecular flexibility index (Phi) is 9.34. The molecular formula is C15H28IN5O. The fourth-order valence-electron chi connectivity index (χ4n) is 1.59.